The number of amides is 2. The second-order valence-corrected chi connectivity index (χ2v) is 8.16. The molecular formula is C23H23ClN6O3. The summed E-state index contributed by atoms with van der Waals surface area (Å²) in [6.45, 7) is 5.45. The maximum Gasteiger partial charge on any atom is 0.260 e. The standard InChI is InChI=1S/C23H23ClN6O3/c1-13(27-22(32)19-14(2)28-30-10-5-8-26-21(19)30)18-12-16-6-4-7-17(24)20(16)23(33)29(18)11-9-25-15(3)31/h4-8,10,12-13H,9,11H2,1-3H3,(H,25,31)(H,27,32)/t13-/m0/s1. The first-order valence-electron chi connectivity index (χ1n) is 10.4. The number of halogens is 1. The van der Waals surface area contributed by atoms with E-state index in [1.54, 1.807) is 55.0 Å². The first-order chi connectivity index (χ1) is 15.8. The molecule has 33 heavy (non-hydrogen) atoms. The molecular weight excluding hydrogens is 444 g/mol. The Morgan fingerprint density at radius 1 is 1.24 bits per heavy atom. The highest BCUT2D eigenvalue weighted by Crippen LogP contribution is 2.24. The lowest BCUT2D eigenvalue weighted by Gasteiger charge is -2.21. The number of carbonyl (C=O) groups is 2. The van der Waals surface area contributed by atoms with E-state index in [2.05, 4.69) is 20.7 Å². The SMILES string of the molecule is CC(=O)NCCn1c([C@H](C)NC(=O)c2c(C)nn3cccnc23)cc2cccc(Cl)c2c1=O. The molecule has 0 aliphatic carbocycles. The zero-order chi connectivity index (χ0) is 23.7. The van der Waals surface area contributed by atoms with Crippen molar-refractivity contribution in [2.45, 2.75) is 33.4 Å². The summed E-state index contributed by atoms with van der Waals surface area (Å²) in [4.78, 5) is 42.1. The summed E-state index contributed by atoms with van der Waals surface area (Å²) in [7, 11) is 0. The van der Waals surface area contributed by atoms with E-state index in [1.165, 1.54) is 11.5 Å². The molecule has 2 amide bonds. The Kier molecular flexibility index (Phi) is 6.15. The van der Waals surface area contributed by atoms with Crippen molar-refractivity contribution in [1.82, 2.24) is 29.8 Å². The molecule has 0 fully saturated rings. The average Bonchev–Trinajstić information content (AvgIpc) is 3.10. The van der Waals surface area contributed by atoms with Crippen molar-refractivity contribution in [2.75, 3.05) is 6.54 Å². The molecule has 0 unspecified atom stereocenters. The summed E-state index contributed by atoms with van der Waals surface area (Å²) in [6, 6.07) is 8.28. The van der Waals surface area contributed by atoms with Gasteiger partial charge in [0.2, 0.25) is 5.91 Å². The number of nitrogens with one attached hydrogen (secondary N) is 2. The van der Waals surface area contributed by atoms with Crippen molar-refractivity contribution in [3.8, 4) is 0 Å². The predicted molar refractivity (Wildman–Crippen MR) is 126 cm³/mol. The molecule has 3 heterocycles. The lowest BCUT2D eigenvalue weighted by molar-refractivity contribution is -0.118. The van der Waals surface area contributed by atoms with E-state index in [4.69, 9.17) is 11.6 Å². The van der Waals surface area contributed by atoms with Crippen LogP contribution in [-0.4, -0.2) is 37.5 Å². The van der Waals surface area contributed by atoms with Gasteiger partial charge in [-0.3, -0.25) is 14.4 Å². The van der Waals surface area contributed by atoms with Crippen LogP contribution < -0.4 is 16.2 Å². The second-order valence-electron chi connectivity index (χ2n) is 7.76. The monoisotopic (exact) mass is 466 g/mol. The second kappa shape index (κ2) is 9.03. The van der Waals surface area contributed by atoms with Gasteiger partial charge in [0.25, 0.3) is 11.5 Å². The summed E-state index contributed by atoms with van der Waals surface area (Å²) in [5.41, 5.74) is 1.68. The predicted octanol–water partition coefficient (Wildman–Crippen LogP) is 2.63. The van der Waals surface area contributed by atoms with Gasteiger partial charge < -0.3 is 15.2 Å². The Morgan fingerprint density at radius 2 is 2.03 bits per heavy atom. The van der Waals surface area contributed by atoms with E-state index in [0.29, 0.717) is 38.4 Å². The lowest BCUT2D eigenvalue weighted by atomic mass is 10.1. The van der Waals surface area contributed by atoms with E-state index in [0.717, 1.165) is 0 Å². The molecule has 0 radical (unpaired) electrons. The van der Waals surface area contributed by atoms with Gasteiger partial charge >= 0.3 is 0 Å². The Labute approximate surface area is 194 Å². The van der Waals surface area contributed by atoms with Crippen molar-refractivity contribution in [3.63, 3.8) is 0 Å². The van der Waals surface area contributed by atoms with E-state index in [1.807, 2.05) is 6.07 Å². The maximum atomic E-state index is 13.3. The van der Waals surface area contributed by atoms with Gasteiger partial charge in [0, 0.05) is 38.1 Å². The fourth-order valence-corrected chi connectivity index (χ4v) is 4.18. The van der Waals surface area contributed by atoms with Crippen LogP contribution in [0.2, 0.25) is 5.02 Å². The zero-order valence-electron chi connectivity index (χ0n) is 18.4. The summed E-state index contributed by atoms with van der Waals surface area (Å²) in [5, 5.41) is 11.4. The van der Waals surface area contributed by atoms with Crippen molar-refractivity contribution in [1.29, 1.82) is 0 Å². The van der Waals surface area contributed by atoms with Gasteiger partial charge in [-0.2, -0.15) is 5.10 Å². The van der Waals surface area contributed by atoms with Crippen LogP contribution >= 0.6 is 11.6 Å². The first-order valence-corrected chi connectivity index (χ1v) is 10.8. The topological polar surface area (TPSA) is 110 Å². The average molecular weight is 467 g/mol. The summed E-state index contributed by atoms with van der Waals surface area (Å²) in [6.07, 6.45) is 3.33. The third kappa shape index (κ3) is 4.31. The van der Waals surface area contributed by atoms with Crippen molar-refractivity contribution in [2.24, 2.45) is 0 Å². The Morgan fingerprint density at radius 3 is 2.79 bits per heavy atom. The highest BCUT2D eigenvalue weighted by Gasteiger charge is 2.22. The van der Waals surface area contributed by atoms with Gasteiger partial charge in [0.05, 0.1) is 22.1 Å². The normalized spacial score (nSPS) is 12.1. The lowest BCUT2D eigenvalue weighted by Crippen LogP contribution is -2.35. The third-order valence-electron chi connectivity index (χ3n) is 5.42. The number of fused-ring (bicyclic) bond motifs is 2. The number of hydrogen-bond acceptors (Lipinski definition) is 5. The molecule has 1 aromatic carbocycles. The Hall–Kier alpha value is -3.72. The summed E-state index contributed by atoms with van der Waals surface area (Å²) >= 11 is 6.31. The third-order valence-corrected chi connectivity index (χ3v) is 5.73. The van der Waals surface area contributed by atoms with Crippen LogP contribution in [0.4, 0.5) is 0 Å². The zero-order valence-corrected chi connectivity index (χ0v) is 19.2. The number of aromatic nitrogens is 4. The molecule has 0 spiro atoms. The van der Waals surface area contributed by atoms with Crippen molar-refractivity contribution < 1.29 is 9.59 Å². The van der Waals surface area contributed by atoms with Gasteiger partial charge in [-0.05, 0) is 37.4 Å². The van der Waals surface area contributed by atoms with Crippen LogP contribution in [0.25, 0.3) is 16.4 Å². The quantitative estimate of drug-likeness (QED) is 0.454. The highest BCUT2D eigenvalue weighted by molar-refractivity contribution is 6.35. The molecule has 2 N–H and O–H groups in total. The molecule has 0 saturated carbocycles. The molecule has 0 aliphatic heterocycles. The van der Waals surface area contributed by atoms with Crippen molar-refractivity contribution >= 4 is 39.8 Å². The van der Waals surface area contributed by atoms with Gasteiger partial charge in [-0.1, -0.05) is 23.7 Å². The van der Waals surface area contributed by atoms with E-state index in [9.17, 15) is 14.4 Å². The number of rotatable bonds is 6. The molecule has 3 aromatic heterocycles. The van der Waals surface area contributed by atoms with E-state index in [-0.39, 0.29) is 30.5 Å². The number of benzene rings is 1. The van der Waals surface area contributed by atoms with E-state index < -0.39 is 6.04 Å². The number of aryl methyl sites for hydroxylation is 1. The van der Waals surface area contributed by atoms with Crippen molar-refractivity contribution in [3.05, 3.63) is 75.1 Å². The van der Waals surface area contributed by atoms with Crippen LogP contribution in [0, 0.1) is 6.92 Å². The van der Waals surface area contributed by atoms with Gasteiger partial charge in [-0.25, -0.2) is 9.50 Å². The largest absolute Gasteiger partial charge is 0.355 e. The van der Waals surface area contributed by atoms with Gasteiger partial charge in [-0.15, -0.1) is 0 Å². The molecule has 0 saturated heterocycles. The van der Waals surface area contributed by atoms with Crippen LogP contribution in [-0.2, 0) is 11.3 Å². The molecule has 4 aromatic rings. The van der Waals surface area contributed by atoms with Crippen LogP contribution in [0.15, 0.2) is 47.5 Å². The Bertz CT molecular complexity index is 1440. The number of nitrogens with zero attached hydrogens (tertiary/aromatic N) is 4. The molecule has 0 aliphatic rings. The van der Waals surface area contributed by atoms with Crippen LogP contribution in [0.5, 0.6) is 0 Å². The highest BCUT2D eigenvalue weighted by atomic mass is 35.5. The Balaban J connectivity index is 1.74. The molecule has 10 heteroatoms. The fourth-order valence-electron chi connectivity index (χ4n) is 3.91. The molecule has 0 bridgehead atoms. The number of carbonyl (C=O) groups excluding carboxylic acids is 2. The minimum Gasteiger partial charge on any atom is -0.355 e. The minimum atomic E-state index is -0.524. The van der Waals surface area contributed by atoms with Crippen LogP contribution in [0.1, 0.15) is 41.6 Å². The molecule has 170 valence electrons. The number of pyridine rings is 1. The van der Waals surface area contributed by atoms with Crippen LogP contribution in [0.3, 0.4) is 0 Å². The summed E-state index contributed by atoms with van der Waals surface area (Å²) < 4.78 is 3.09. The number of hydrogen-bond donors (Lipinski definition) is 2. The maximum absolute atomic E-state index is 13.3. The van der Waals surface area contributed by atoms with E-state index >= 15 is 0 Å². The molecule has 1 atom stereocenters. The van der Waals surface area contributed by atoms with Gasteiger partial charge in [0.1, 0.15) is 5.56 Å². The van der Waals surface area contributed by atoms with Gasteiger partial charge in [0.15, 0.2) is 5.65 Å². The fraction of sp³-hybridized carbons (Fsp3) is 0.261. The minimum absolute atomic E-state index is 0.194. The summed E-state index contributed by atoms with van der Waals surface area (Å²) in [5.74, 6) is -0.540. The molecule has 4 rings (SSSR count). The molecule has 9 nitrogen and oxygen atoms in total. The smallest absolute Gasteiger partial charge is 0.260 e. The first kappa shape index (κ1) is 22.5.